The van der Waals surface area contributed by atoms with E-state index in [-0.39, 0.29) is 24.8 Å². The summed E-state index contributed by atoms with van der Waals surface area (Å²) in [6.45, 7) is 1.84. The number of carbonyl (C=O) groups excluding carboxylic acids is 3. The van der Waals surface area contributed by atoms with Crippen molar-refractivity contribution in [2.45, 2.75) is 38.6 Å². The summed E-state index contributed by atoms with van der Waals surface area (Å²) < 4.78 is 5.51. The third-order valence-corrected chi connectivity index (χ3v) is 4.78. The molecule has 3 rings (SSSR count). The normalized spacial score (nSPS) is 20.4. The van der Waals surface area contributed by atoms with Crippen LogP contribution >= 0.6 is 0 Å². The maximum Gasteiger partial charge on any atom is 0.309 e. The number of hydrogen-bond acceptors (Lipinski definition) is 5. The molecule has 1 aliphatic heterocycles. The molecule has 0 spiro atoms. The van der Waals surface area contributed by atoms with E-state index in [0.29, 0.717) is 25.2 Å². The van der Waals surface area contributed by atoms with Gasteiger partial charge in [-0.1, -0.05) is 42.5 Å². The van der Waals surface area contributed by atoms with Crippen LogP contribution in [0.15, 0.2) is 48.7 Å². The van der Waals surface area contributed by atoms with Crippen molar-refractivity contribution >= 4 is 23.7 Å². The van der Waals surface area contributed by atoms with Crippen LogP contribution in [0.2, 0.25) is 0 Å². The fraction of sp³-hybridized carbons (Fsp3) is 0.364. The van der Waals surface area contributed by atoms with E-state index in [9.17, 15) is 14.4 Å². The van der Waals surface area contributed by atoms with Gasteiger partial charge in [-0.05, 0) is 25.3 Å². The van der Waals surface area contributed by atoms with Gasteiger partial charge >= 0.3 is 5.97 Å². The first-order valence-electron chi connectivity index (χ1n) is 9.98. The predicted molar refractivity (Wildman–Crippen MR) is 111 cm³/mol. The van der Waals surface area contributed by atoms with Crippen molar-refractivity contribution in [3.63, 3.8) is 0 Å². The van der Waals surface area contributed by atoms with E-state index in [0.717, 1.165) is 11.3 Å². The summed E-state index contributed by atoms with van der Waals surface area (Å²) >= 11 is 0. The molecule has 2 aromatic rings. The molecule has 2 heterocycles. The van der Waals surface area contributed by atoms with E-state index < -0.39 is 17.9 Å². The monoisotopic (exact) mass is 410 g/mol. The lowest BCUT2D eigenvalue weighted by Gasteiger charge is -2.21. The second-order valence-electron chi connectivity index (χ2n) is 7.27. The van der Waals surface area contributed by atoms with E-state index in [1.807, 2.05) is 49.4 Å². The smallest absolute Gasteiger partial charge is 0.309 e. The number of nitrogens with zero attached hydrogens (tertiary/aromatic N) is 1. The Morgan fingerprint density at radius 1 is 1.23 bits per heavy atom. The summed E-state index contributed by atoms with van der Waals surface area (Å²) in [5, 5.41) is 5.58. The van der Waals surface area contributed by atoms with Crippen LogP contribution in [0, 0.1) is 12.8 Å². The number of ether oxygens (including phenoxy) is 1. The van der Waals surface area contributed by atoms with E-state index in [1.54, 1.807) is 6.20 Å². The lowest BCUT2D eigenvalue weighted by Crippen LogP contribution is -2.33. The van der Waals surface area contributed by atoms with Crippen molar-refractivity contribution < 1.29 is 19.1 Å². The maximum atomic E-state index is 12.7. The zero-order valence-corrected chi connectivity index (χ0v) is 16.9. The first-order valence-corrected chi connectivity index (χ1v) is 9.98. The van der Waals surface area contributed by atoms with Crippen LogP contribution < -0.4 is 10.6 Å². The Hall–Kier alpha value is -3.42. The highest BCUT2D eigenvalue weighted by molar-refractivity contribution is 5.92. The Kier molecular flexibility index (Phi) is 7.37. The third kappa shape index (κ3) is 6.30. The van der Waals surface area contributed by atoms with Crippen molar-refractivity contribution in [3.05, 3.63) is 59.9 Å². The van der Waals surface area contributed by atoms with Crippen LogP contribution in [0.25, 0.3) is 0 Å². The number of aromatic nitrogens is 2. The summed E-state index contributed by atoms with van der Waals surface area (Å²) in [4.78, 5) is 44.3. The molecule has 0 aliphatic carbocycles. The molecule has 0 fully saturated rings. The molecular weight excluding hydrogens is 384 g/mol. The van der Waals surface area contributed by atoms with Crippen LogP contribution in [-0.4, -0.2) is 34.4 Å². The summed E-state index contributed by atoms with van der Waals surface area (Å²) in [5.41, 5.74) is 1.68. The quantitative estimate of drug-likeness (QED) is 0.530. The van der Waals surface area contributed by atoms with Crippen LogP contribution in [0.4, 0.5) is 5.95 Å². The molecule has 1 aromatic carbocycles. The number of H-pyrrole nitrogens is 1. The van der Waals surface area contributed by atoms with Gasteiger partial charge in [0.25, 0.3) is 0 Å². The summed E-state index contributed by atoms with van der Waals surface area (Å²) in [6.07, 6.45) is 6.53. The SMILES string of the molecule is Cc1cnc(NC(=O)C[C@@H]2CC=CCCC(=O)N[C@H](c3ccccc3)COC2=O)[nH]1. The van der Waals surface area contributed by atoms with Gasteiger partial charge in [-0.25, -0.2) is 4.98 Å². The molecule has 0 radical (unpaired) electrons. The van der Waals surface area contributed by atoms with Crippen LogP contribution in [0.3, 0.4) is 0 Å². The van der Waals surface area contributed by atoms with Gasteiger partial charge in [0.1, 0.15) is 6.61 Å². The van der Waals surface area contributed by atoms with Crippen molar-refractivity contribution in [1.29, 1.82) is 0 Å². The molecule has 1 aromatic heterocycles. The second kappa shape index (κ2) is 10.4. The number of esters is 1. The van der Waals surface area contributed by atoms with E-state index in [2.05, 4.69) is 20.6 Å². The number of anilines is 1. The topological polar surface area (TPSA) is 113 Å². The number of carbonyl (C=O) groups is 3. The predicted octanol–water partition coefficient (Wildman–Crippen LogP) is 2.80. The number of nitrogens with one attached hydrogen (secondary N) is 3. The highest BCUT2D eigenvalue weighted by Crippen LogP contribution is 2.19. The molecule has 158 valence electrons. The van der Waals surface area contributed by atoms with E-state index in [1.165, 1.54) is 0 Å². The number of benzene rings is 1. The zero-order chi connectivity index (χ0) is 21.3. The lowest BCUT2D eigenvalue weighted by atomic mass is 10.00. The minimum Gasteiger partial charge on any atom is -0.463 e. The summed E-state index contributed by atoms with van der Waals surface area (Å²) in [7, 11) is 0. The number of allylic oxidation sites excluding steroid dienone is 2. The number of aryl methyl sites for hydroxylation is 1. The third-order valence-electron chi connectivity index (χ3n) is 4.78. The number of aromatic amines is 1. The zero-order valence-electron chi connectivity index (χ0n) is 16.9. The first-order chi connectivity index (χ1) is 14.5. The molecule has 0 bridgehead atoms. The Morgan fingerprint density at radius 2 is 2.03 bits per heavy atom. The molecule has 0 saturated heterocycles. The minimum absolute atomic E-state index is 0.00774. The summed E-state index contributed by atoms with van der Waals surface area (Å²) in [5.74, 6) is -1.17. The standard InChI is InChI=1S/C22H26N4O4/c1-15-13-23-22(24-15)26-20(28)12-17-10-6-3-7-11-19(27)25-18(14-30-21(17)29)16-8-4-2-5-9-16/h2-6,8-9,13,17-18H,7,10-12,14H2,1H3,(H,25,27)(H2,23,24,26,28)/t17-,18-/m0/s1. The Balaban J connectivity index is 1.68. The Bertz CT molecular complexity index is 907. The molecule has 0 saturated carbocycles. The molecule has 8 heteroatoms. The molecule has 8 nitrogen and oxygen atoms in total. The van der Waals surface area contributed by atoms with Crippen molar-refractivity contribution in [2.24, 2.45) is 5.92 Å². The molecule has 2 atom stereocenters. The maximum absolute atomic E-state index is 12.7. The Labute approximate surface area is 175 Å². The number of imidazole rings is 1. The van der Waals surface area contributed by atoms with E-state index in [4.69, 9.17) is 4.74 Å². The fourth-order valence-electron chi connectivity index (χ4n) is 3.20. The molecular formula is C22H26N4O4. The molecule has 30 heavy (non-hydrogen) atoms. The molecule has 2 amide bonds. The number of hydrogen-bond donors (Lipinski definition) is 3. The highest BCUT2D eigenvalue weighted by Gasteiger charge is 2.25. The van der Waals surface area contributed by atoms with Crippen LogP contribution in [0.1, 0.15) is 43.0 Å². The average molecular weight is 410 g/mol. The van der Waals surface area contributed by atoms with Crippen LogP contribution in [0.5, 0.6) is 0 Å². The number of rotatable bonds is 4. The van der Waals surface area contributed by atoms with Gasteiger partial charge < -0.3 is 15.0 Å². The van der Waals surface area contributed by atoms with Gasteiger partial charge in [-0.15, -0.1) is 0 Å². The Morgan fingerprint density at radius 3 is 2.77 bits per heavy atom. The van der Waals surface area contributed by atoms with Gasteiger partial charge in [0.05, 0.1) is 12.0 Å². The number of amides is 2. The minimum atomic E-state index is -0.621. The van der Waals surface area contributed by atoms with Gasteiger partial charge in [-0.2, -0.15) is 0 Å². The van der Waals surface area contributed by atoms with Crippen molar-refractivity contribution in [2.75, 3.05) is 11.9 Å². The largest absolute Gasteiger partial charge is 0.463 e. The first kappa shape index (κ1) is 21.3. The van der Waals surface area contributed by atoms with Gasteiger partial charge in [-0.3, -0.25) is 19.7 Å². The molecule has 0 unspecified atom stereocenters. The summed E-state index contributed by atoms with van der Waals surface area (Å²) in [6, 6.07) is 8.93. The van der Waals surface area contributed by atoms with Gasteiger partial charge in [0, 0.05) is 24.7 Å². The van der Waals surface area contributed by atoms with Gasteiger partial charge in [0.2, 0.25) is 17.8 Å². The fourth-order valence-corrected chi connectivity index (χ4v) is 3.20. The van der Waals surface area contributed by atoms with E-state index >= 15 is 0 Å². The molecule has 1 aliphatic rings. The highest BCUT2D eigenvalue weighted by atomic mass is 16.5. The van der Waals surface area contributed by atoms with Crippen molar-refractivity contribution in [3.8, 4) is 0 Å². The molecule has 3 N–H and O–H groups in total. The lowest BCUT2D eigenvalue weighted by molar-refractivity contribution is -0.151. The second-order valence-corrected chi connectivity index (χ2v) is 7.27. The average Bonchev–Trinajstić information content (AvgIpc) is 3.13. The number of cyclic esters (lactones) is 1. The van der Waals surface area contributed by atoms with Gasteiger partial charge in [0.15, 0.2) is 0 Å². The van der Waals surface area contributed by atoms with Crippen molar-refractivity contribution in [1.82, 2.24) is 15.3 Å². The van der Waals surface area contributed by atoms with Crippen LogP contribution in [-0.2, 0) is 19.1 Å².